The molecule has 1 amide bonds. The van der Waals surface area contributed by atoms with E-state index in [0.29, 0.717) is 17.0 Å². The standard InChI is InChI=1S/C24H21N3O6/c1-14-18(19-22(32-14)25-13-27(2)23(19)29)24(30)33-20(15-7-5-4-6-8-15)21(28)26-16-9-11-17(31-3)12-10-16/h4-13,20H,1-3H3,(H,26,28). The van der Waals surface area contributed by atoms with E-state index in [-0.39, 0.29) is 22.4 Å². The van der Waals surface area contributed by atoms with Crippen LogP contribution in [0.15, 0.2) is 70.1 Å². The number of carbonyl (C=O) groups excluding carboxylic acids is 2. The quantitative estimate of drug-likeness (QED) is 0.451. The van der Waals surface area contributed by atoms with E-state index in [4.69, 9.17) is 13.9 Å². The van der Waals surface area contributed by atoms with E-state index in [1.54, 1.807) is 61.7 Å². The molecule has 9 heteroatoms. The summed E-state index contributed by atoms with van der Waals surface area (Å²) in [5, 5.41) is 2.75. The highest BCUT2D eigenvalue weighted by Gasteiger charge is 2.30. The number of aromatic nitrogens is 2. The minimum absolute atomic E-state index is 0.00451. The van der Waals surface area contributed by atoms with Gasteiger partial charge in [-0.05, 0) is 31.2 Å². The maximum Gasteiger partial charge on any atom is 0.343 e. The van der Waals surface area contributed by atoms with Crippen LogP contribution in [0.3, 0.4) is 0 Å². The molecule has 4 rings (SSSR count). The number of aryl methyl sites for hydroxylation is 2. The number of furan rings is 1. The number of nitrogens with zero attached hydrogens (tertiary/aromatic N) is 2. The molecule has 1 atom stereocenters. The maximum atomic E-state index is 13.2. The summed E-state index contributed by atoms with van der Waals surface area (Å²) in [4.78, 5) is 43.0. The third-order valence-electron chi connectivity index (χ3n) is 5.08. The van der Waals surface area contributed by atoms with Crippen molar-refractivity contribution in [3.05, 3.63) is 88.2 Å². The molecule has 0 aliphatic heterocycles. The number of anilines is 1. The average molecular weight is 447 g/mol. The Morgan fingerprint density at radius 1 is 1.09 bits per heavy atom. The number of hydrogen-bond acceptors (Lipinski definition) is 7. The van der Waals surface area contributed by atoms with E-state index in [0.717, 1.165) is 0 Å². The van der Waals surface area contributed by atoms with Crippen molar-refractivity contribution in [2.45, 2.75) is 13.0 Å². The minimum Gasteiger partial charge on any atom is -0.497 e. The molecule has 168 valence electrons. The zero-order chi connectivity index (χ0) is 23.5. The predicted molar refractivity (Wildman–Crippen MR) is 120 cm³/mol. The normalized spacial score (nSPS) is 11.7. The molecule has 0 bridgehead atoms. The van der Waals surface area contributed by atoms with Crippen molar-refractivity contribution in [1.29, 1.82) is 0 Å². The molecule has 0 radical (unpaired) electrons. The Morgan fingerprint density at radius 3 is 2.45 bits per heavy atom. The Kier molecular flexibility index (Phi) is 5.95. The fourth-order valence-electron chi connectivity index (χ4n) is 3.38. The van der Waals surface area contributed by atoms with Crippen molar-refractivity contribution in [2.24, 2.45) is 7.05 Å². The van der Waals surface area contributed by atoms with Gasteiger partial charge in [0.1, 0.15) is 28.8 Å². The molecule has 0 aliphatic rings. The van der Waals surface area contributed by atoms with Crippen molar-refractivity contribution in [1.82, 2.24) is 9.55 Å². The smallest absolute Gasteiger partial charge is 0.343 e. The van der Waals surface area contributed by atoms with Crippen LogP contribution in [0.5, 0.6) is 5.75 Å². The second-order valence-electron chi connectivity index (χ2n) is 7.29. The van der Waals surface area contributed by atoms with Gasteiger partial charge in [0.2, 0.25) is 11.8 Å². The van der Waals surface area contributed by atoms with E-state index in [1.165, 1.54) is 24.9 Å². The molecule has 0 fully saturated rings. The number of rotatable bonds is 6. The van der Waals surface area contributed by atoms with Gasteiger partial charge in [-0.1, -0.05) is 30.3 Å². The van der Waals surface area contributed by atoms with Gasteiger partial charge in [0, 0.05) is 18.3 Å². The van der Waals surface area contributed by atoms with Gasteiger partial charge in [-0.15, -0.1) is 0 Å². The van der Waals surface area contributed by atoms with Crippen LogP contribution in [-0.2, 0) is 16.6 Å². The molecule has 2 aromatic heterocycles. The lowest BCUT2D eigenvalue weighted by Crippen LogP contribution is -2.26. The molecule has 1 N–H and O–H groups in total. The first-order valence-corrected chi connectivity index (χ1v) is 10.0. The molecule has 33 heavy (non-hydrogen) atoms. The van der Waals surface area contributed by atoms with Crippen LogP contribution < -0.4 is 15.6 Å². The van der Waals surface area contributed by atoms with Crippen LogP contribution in [0.2, 0.25) is 0 Å². The summed E-state index contributed by atoms with van der Waals surface area (Å²) < 4.78 is 17.5. The van der Waals surface area contributed by atoms with Gasteiger partial charge < -0.3 is 23.8 Å². The van der Waals surface area contributed by atoms with Crippen molar-refractivity contribution < 1.29 is 23.5 Å². The van der Waals surface area contributed by atoms with E-state index in [2.05, 4.69) is 10.3 Å². The molecule has 0 aliphatic carbocycles. The predicted octanol–water partition coefficient (Wildman–Crippen LogP) is 3.38. The Labute approximate surface area is 188 Å². The zero-order valence-corrected chi connectivity index (χ0v) is 18.2. The Hall–Kier alpha value is -4.40. The number of fused-ring (bicyclic) bond motifs is 1. The second-order valence-corrected chi connectivity index (χ2v) is 7.29. The lowest BCUT2D eigenvalue weighted by atomic mass is 10.1. The number of ether oxygens (including phenoxy) is 2. The number of carbonyl (C=O) groups is 2. The summed E-state index contributed by atoms with van der Waals surface area (Å²) in [6, 6.07) is 15.3. The Balaban J connectivity index is 1.68. The first-order chi connectivity index (χ1) is 15.9. The van der Waals surface area contributed by atoms with Gasteiger partial charge in [0.15, 0.2) is 0 Å². The average Bonchev–Trinajstić information content (AvgIpc) is 3.17. The molecular weight excluding hydrogens is 426 g/mol. The SMILES string of the molecule is COc1ccc(NC(=O)C(OC(=O)c2c(C)oc3ncn(C)c(=O)c23)c2ccccc2)cc1. The Morgan fingerprint density at radius 2 is 1.79 bits per heavy atom. The first-order valence-electron chi connectivity index (χ1n) is 10.0. The van der Waals surface area contributed by atoms with Crippen molar-refractivity contribution >= 4 is 28.7 Å². The van der Waals surface area contributed by atoms with Crippen LogP contribution in [0.1, 0.15) is 27.8 Å². The molecule has 2 aromatic carbocycles. The van der Waals surface area contributed by atoms with Gasteiger partial charge >= 0.3 is 5.97 Å². The number of methoxy groups -OCH3 is 1. The number of hydrogen-bond donors (Lipinski definition) is 1. The molecule has 0 spiro atoms. The van der Waals surface area contributed by atoms with Gasteiger partial charge in [-0.25, -0.2) is 9.78 Å². The second kappa shape index (κ2) is 8.99. The van der Waals surface area contributed by atoms with Crippen LogP contribution in [0.4, 0.5) is 5.69 Å². The number of amides is 1. The molecule has 9 nitrogen and oxygen atoms in total. The molecular formula is C24H21N3O6. The molecule has 0 saturated heterocycles. The van der Waals surface area contributed by atoms with E-state index in [1.807, 2.05) is 0 Å². The molecule has 0 saturated carbocycles. The monoisotopic (exact) mass is 447 g/mol. The summed E-state index contributed by atoms with van der Waals surface area (Å²) in [5.74, 6) is -0.615. The largest absolute Gasteiger partial charge is 0.497 e. The summed E-state index contributed by atoms with van der Waals surface area (Å²) in [6.45, 7) is 1.53. The highest BCUT2D eigenvalue weighted by atomic mass is 16.5. The topological polar surface area (TPSA) is 113 Å². The zero-order valence-electron chi connectivity index (χ0n) is 18.2. The Bertz CT molecular complexity index is 1370. The highest BCUT2D eigenvalue weighted by molar-refractivity contribution is 6.05. The maximum absolute atomic E-state index is 13.2. The van der Waals surface area contributed by atoms with Crippen molar-refractivity contribution in [3.63, 3.8) is 0 Å². The molecule has 2 heterocycles. The van der Waals surface area contributed by atoms with Crippen molar-refractivity contribution in [2.75, 3.05) is 12.4 Å². The van der Waals surface area contributed by atoms with Crippen LogP contribution in [0, 0.1) is 6.92 Å². The fourth-order valence-corrected chi connectivity index (χ4v) is 3.38. The van der Waals surface area contributed by atoms with E-state index < -0.39 is 23.5 Å². The summed E-state index contributed by atoms with van der Waals surface area (Å²) in [5.41, 5.74) is 0.482. The molecule has 1 unspecified atom stereocenters. The minimum atomic E-state index is -1.27. The highest BCUT2D eigenvalue weighted by Crippen LogP contribution is 2.27. The summed E-state index contributed by atoms with van der Waals surface area (Å²) in [6.07, 6.45) is 0.0308. The summed E-state index contributed by atoms with van der Waals surface area (Å²) in [7, 11) is 3.06. The fraction of sp³-hybridized carbons (Fsp3) is 0.167. The van der Waals surface area contributed by atoms with Crippen LogP contribution >= 0.6 is 0 Å². The van der Waals surface area contributed by atoms with E-state index in [9.17, 15) is 14.4 Å². The van der Waals surface area contributed by atoms with Gasteiger partial charge in [-0.2, -0.15) is 0 Å². The molecule has 4 aromatic rings. The van der Waals surface area contributed by atoms with Gasteiger partial charge in [0.05, 0.1) is 7.11 Å². The summed E-state index contributed by atoms with van der Waals surface area (Å²) >= 11 is 0. The van der Waals surface area contributed by atoms with E-state index >= 15 is 0 Å². The number of nitrogens with one attached hydrogen (secondary N) is 1. The third-order valence-corrected chi connectivity index (χ3v) is 5.08. The van der Waals surface area contributed by atoms with Crippen LogP contribution in [0.25, 0.3) is 11.1 Å². The first kappa shape index (κ1) is 21.8. The third kappa shape index (κ3) is 4.33. The lowest BCUT2D eigenvalue weighted by Gasteiger charge is -2.18. The van der Waals surface area contributed by atoms with Crippen LogP contribution in [-0.4, -0.2) is 28.5 Å². The van der Waals surface area contributed by atoms with Gasteiger partial charge in [-0.3, -0.25) is 9.59 Å². The lowest BCUT2D eigenvalue weighted by molar-refractivity contribution is -0.125. The van der Waals surface area contributed by atoms with Gasteiger partial charge in [0.25, 0.3) is 11.5 Å². The number of benzene rings is 2. The van der Waals surface area contributed by atoms with Crippen molar-refractivity contribution in [3.8, 4) is 5.75 Å². The number of esters is 1.